The fourth-order valence-corrected chi connectivity index (χ4v) is 1.09. The van der Waals surface area contributed by atoms with E-state index >= 15 is 0 Å². The normalized spacial score (nSPS) is 10.2. The maximum absolute atomic E-state index is 13.0. The van der Waals surface area contributed by atoms with Crippen LogP contribution in [0.4, 0.5) is 13.2 Å². The number of benzene rings is 1. The summed E-state index contributed by atoms with van der Waals surface area (Å²) < 4.78 is 38.1. The van der Waals surface area contributed by atoms with Gasteiger partial charge in [0.1, 0.15) is 0 Å². The lowest BCUT2D eigenvalue weighted by Crippen LogP contribution is -2.03. The fraction of sp³-hybridized carbons (Fsp3) is 0.222. The van der Waals surface area contributed by atoms with Gasteiger partial charge in [-0.05, 0) is 18.6 Å². The van der Waals surface area contributed by atoms with Gasteiger partial charge in [0.25, 0.3) is 0 Å². The third kappa shape index (κ3) is 1.88. The molecule has 0 aromatic heterocycles. The number of hydrogen-bond acceptors (Lipinski definition) is 1. The van der Waals surface area contributed by atoms with E-state index in [0.29, 0.717) is 6.42 Å². The zero-order valence-electron chi connectivity index (χ0n) is 6.90. The second-order valence-electron chi connectivity index (χ2n) is 2.50. The van der Waals surface area contributed by atoms with Crippen LogP contribution in [0.3, 0.4) is 0 Å². The summed E-state index contributed by atoms with van der Waals surface area (Å²) in [6.45, 7) is 1.73. The van der Waals surface area contributed by atoms with Crippen molar-refractivity contribution in [2.24, 2.45) is 0 Å². The summed E-state index contributed by atoms with van der Waals surface area (Å²) >= 11 is 4.78. The molecule has 1 aromatic rings. The maximum Gasteiger partial charge on any atom is 0.195 e. The molecule has 0 atom stereocenters. The summed E-state index contributed by atoms with van der Waals surface area (Å²) in [5.74, 6) is -3.86. The Hall–Kier alpha value is -0.900. The van der Waals surface area contributed by atoms with Crippen molar-refractivity contribution in [1.82, 2.24) is 0 Å². The third-order valence-electron chi connectivity index (χ3n) is 1.66. The first-order chi connectivity index (χ1) is 6.07. The third-order valence-corrected chi connectivity index (χ3v) is 2.17. The Morgan fingerprint density at radius 3 is 2.38 bits per heavy atom. The molecule has 0 radical (unpaired) electrons. The zero-order chi connectivity index (χ0) is 10.0. The molecule has 0 aliphatic heterocycles. The van der Waals surface area contributed by atoms with Crippen molar-refractivity contribution in [3.63, 3.8) is 0 Å². The van der Waals surface area contributed by atoms with Crippen LogP contribution >= 0.6 is 12.2 Å². The van der Waals surface area contributed by atoms with Gasteiger partial charge in [0, 0.05) is 10.4 Å². The van der Waals surface area contributed by atoms with Crippen molar-refractivity contribution in [2.45, 2.75) is 13.3 Å². The smallest absolute Gasteiger partial charge is 0.195 e. The lowest BCUT2D eigenvalue weighted by Gasteiger charge is -2.03. The van der Waals surface area contributed by atoms with E-state index in [4.69, 9.17) is 12.2 Å². The Morgan fingerprint density at radius 2 is 1.85 bits per heavy atom. The highest BCUT2D eigenvalue weighted by molar-refractivity contribution is 7.80. The van der Waals surface area contributed by atoms with E-state index in [-0.39, 0.29) is 10.4 Å². The van der Waals surface area contributed by atoms with E-state index in [1.165, 1.54) is 0 Å². The molecule has 70 valence electrons. The van der Waals surface area contributed by atoms with Gasteiger partial charge in [0.15, 0.2) is 17.5 Å². The standard InChI is InChI=1S/C9H7F3S/c1-2-7(13)5-3-4-6(10)9(12)8(5)11/h3-4H,2H2,1H3. The lowest BCUT2D eigenvalue weighted by atomic mass is 10.1. The predicted molar refractivity (Wildman–Crippen MR) is 48.3 cm³/mol. The maximum atomic E-state index is 13.0. The fourth-order valence-electron chi connectivity index (χ4n) is 0.932. The van der Waals surface area contributed by atoms with Gasteiger partial charge in [-0.3, -0.25) is 0 Å². The molecule has 0 saturated heterocycles. The van der Waals surface area contributed by atoms with Crippen LogP contribution < -0.4 is 0 Å². The van der Waals surface area contributed by atoms with Crippen LogP contribution in [0.2, 0.25) is 0 Å². The zero-order valence-corrected chi connectivity index (χ0v) is 7.72. The highest BCUT2D eigenvalue weighted by atomic mass is 32.1. The largest absolute Gasteiger partial charge is 0.204 e. The Balaban J connectivity index is 3.26. The summed E-state index contributed by atoms with van der Waals surface area (Å²) in [4.78, 5) is 0.288. The summed E-state index contributed by atoms with van der Waals surface area (Å²) in [6, 6.07) is 2.02. The molecule has 4 heteroatoms. The van der Waals surface area contributed by atoms with Gasteiger partial charge in [-0.1, -0.05) is 19.1 Å². The molecule has 1 aromatic carbocycles. The van der Waals surface area contributed by atoms with Crippen LogP contribution in [0, 0.1) is 17.5 Å². The first kappa shape index (κ1) is 10.2. The molecule has 0 spiro atoms. The number of thiocarbonyl (C=S) groups is 1. The van der Waals surface area contributed by atoms with Gasteiger partial charge < -0.3 is 0 Å². The highest BCUT2D eigenvalue weighted by Crippen LogP contribution is 2.16. The average molecular weight is 204 g/mol. The van der Waals surface area contributed by atoms with Crippen molar-refractivity contribution in [2.75, 3.05) is 0 Å². The van der Waals surface area contributed by atoms with Crippen LogP contribution in [0.25, 0.3) is 0 Å². The topological polar surface area (TPSA) is 0 Å². The minimum atomic E-state index is -1.46. The molecule has 1 rings (SSSR count). The summed E-state index contributed by atoms with van der Waals surface area (Å²) in [7, 11) is 0. The molecular formula is C9H7F3S. The second-order valence-corrected chi connectivity index (χ2v) is 2.99. The highest BCUT2D eigenvalue weighted by Gasteiger charge is 2.14. The van der Waals surface area contributed by atoms with Crippen molar-refractivity contribution >= 4 is 17.1 Å². The van der Waals surface area contributed by atoms with Gasteiger partial charge in [0.2, 0.25) is 0 Å². The molecule has 13 heavy (non-hydrogen) atoms. The Kier molecular flexibility index (Phi) is 3.03. The quantitative estimate of drug-likeness (QED) is 0.405. The van der Waals surface area contributed by atoms with Crippen molar-refractivity contribution in [3.05, 3.63) is 35.1 Å². The van der Waals surface area contributed by atoms with Crippen molar-refractivity contribution in [3.8, 4) is 0 Å². The first-order valence-electron chi connectivity index (χ1n) is 3.74. The molecule has 0 saturated carbocycles. The molecule has 0 heterocycles. The SMILES string of the molecule is CCC(=S)c1ccc(F)c(F)c1F. The van der Waals surface area contributed by atoms with E-state index in [1.54, 1.807) is 6.92 Å². The van der Waals surface area contributed by atoms with Gasteiger partial charge in [-0.25, -0.2) is 13.2 Å². The van der Waals surface area contributed by atoms with Gasteiger partial charge in [0.05, 0.1) is 0 Å². The van der Waals surface area contributed by atoms with Crippen LogP contribution in [-0.4, -0.2) is 4.86 Å². The minimum absolute atomic E-state index is 0.0311. The van der Waals surface area contributed by atoms with Gasteiger partial charge in [-0.15, -0.1) is 0 Å². The van der Waals surface area contributed by atoms with Crippen LogP contribution in [0.15, 0.2) is 12.1 Å². The van der Waals surface area contributed by atoms with Crippen LogP contribution in [-0.2, 0) is 0 Å². The minimum Gasteiger partial charge on any atom is -0.204 e. The predicted octanol–water partition coefficient (Wildman–Crippen LogP) is 3.23. The number of rotatable bonds is 2. The first-order valence-corrected chi connectivity index (χ1v) is 4.15. The Bertz CT molecular complexity index is 347. The molecule has 0 nitrogen and oxygen atoms in total. The molecule has 0 amide bonds. The monoisotopic (exact) mass is 204 g/mol. The van der Waals surface area contributed by atoms with Gasteiger partial charge >= 0.3 is 0 Å². The molecular weight excluding hydrogens is 197 g/mol. The Labute approximate surface area is 79.4 Å². The molecule has 0 unspecified atom stereocenters. The second kappa shape index (κ2) is 3.87. The van der Waals surface area contributed by atoms with Crippen molar-refractivity contribution in [1.29, 1.82) is 0 Å². The molecule has 0 fully saturated rings. The lowest BCUT2D eigenvalue weighted by molar-refractivity contribution is 0.446. The molecule has 0 N–H and O–H groups in total. The van der Waals surface area contributed by atoms with E-state index in [9.17, 15) is 13.2 Å². The molecule has 0 bridgehead atoms. The van der Waals surface area contributed by atoms with E-state index < -0.39 is 17.5 Å². The van der Waals surface area contributed by atoms with Gasteiger partial charge in [-0.2, -0.15) is 0 Å². The van der Waals surface area contributed by atoms with E-state index in [1.807, 2.05) is 0 Å². The average Bonchev–Trinajstić information content (AvgIpc) is 2.13. The number of hydrogen-bond donors (Lipinski definition) is 0. The summed E-state index contributed by atoms with van der Waals surface area (Å²) in [5, 5.41) is 0. The van der Waals surface area contributed by atoms with Crippen molar-refractivity contribution < 1.29 is 13.2 Å². The summed E-state index contributed by atoms with van der Waals surface area (Å²) in [5.41, 5.74) is -0.0311. The van der Waals surface area contributed by atoms with E-state index in [2.05, 4.69) is 0 Å². The van der Waals surface area contributed by atoms with E-state index in [0.717, 1.165) is 12.1 Å². The summed E-state index contributed by atoms with van der Waals surface area (Å²) in [6.07, 6.45) is 0.428. The molecule has 0 aliphatic rings. The Morgan fingerprint density at radius 1 is 1.23 bits per heavy atom. The number of halogens is 3. The molecule has 0 aliphatic carbocycles. The van der Waals surface area contributed by atoms with Crippen LogP contribution in [0.5, 0.6) is 0 Å². The van der Waals surface area contributed by atoms with Crippen LogP contribution in [0.1, 0.15) is 18.9 Å².